The van der Waals surface area contributed by atoms with Crippen molar-refractivity contribution in [3.8, 4) is 0 Å². The van der Waals surface area contributed by atoms with Crippen LogP contribution in [0.1, 0.15) is 51.2 Å². The van der Waals surface area contributed by atoms with E-state index in [0.717, 1.165) is 11.6 Å². The standard InChI is InChI=1S/C18H27NO/c1-12-13(6-5-7-15(12)19)11-20-16-10-14-8-9-18(16,4)17(14,2)3/h5-7,14,16H,8-11,19H2,1-4H3. The Bertz CT molecular complexity index is 522. The van der Waals surface area contributed by atoms with Crippen molar-refractivity contribution in [3.63, 3.8) is 0 Å². The van der Waals surface area contributed by atoms with Crippen LogP contribution in [0.25, 0.3) is 0 Å². The Labute approximate surface area is 122 Å². The molecule has 0 aromatic heterocycles. The first-order valence-electron chi connectivity index (χ1n) is 7.82. The zero-order valence-corrected chi connectivity index (χ0v) is 13.2. The van der Waals surface area contributed by atoms with Crippen LogP contribution >= 0.6 is 0 Å². The van der Waals surface area contributed by atoms with Crippen LogP contribution in [0, 0.1) is 23.7 Å². The fourth-order valence-corrected chi connectivity index (χ4v) is 4.43. The van der Waals surface area contributed by atoms with Crippen molar-refractivity contribution in [1.82, 2.24) is 0 Å². The molecule has 0 saturated heterocycles. The second-order valence-corrected chi connectivity index (χ2v) is 7.54. The first-order valence-corrected chi connectivity index (χ1v) is 7.82. The maximum atomic E-state index is 6.34. The third-order valence-electron chi connectivity index (χ3n) is 6.64. The molecule has 3 rings (SSSR count). The molecule has 1 aromatic carbocycles. The molecular formula is C18H27NO. The van der Waals surface area contributed by atoms with E-state index < -0.39 is 0 Å². The van der Waals surface area contributed by atoms with Crippen LogP contribution < -0.4 is 5.73 Å². The van der Waals surface area contributed by atoms with Crippen molar-refractivity contribution < 1.29 is 4.74 Å². The highest BCUT2D eigenvalue weighted by Gasteiger charge is 2.61. The van der Waals surface area contributed by atoms with E-state index in [1.807, 2.05) is 12.1 Å². The molecule has 2 nitrogen and oxygen atoms in total. The first-order chi connectivity index (χ1) is 9.36. The van der Waals surface area contributed by atoms with Crippen LogP contribution in [0.15, 0.2) is 18.2 Å². The third kappa shape index (κ3) is 1.81. The zero-order valence-electron chi connectivity index (χ0n) is 13.2. The van der Waals surface area contributed by atoms with Crippen molar-refractivity contribution in [2.75, 3.05) is 5.73 Å². The largest absolute Gasteiger partial charge is 0.399 e. The van der Waals surface area contributed by atoms with E-state index >= 15 is 0 Å². The molecule has 1 aromatic rings. The summed E-state index contributed by atoms with van der Waals surface area (Å²) in [5.74, 6) is 0.833. The van der Waals surface area contributed by atoms with Gasteiger partial charge in [-0.3, -0.25) is 0 Å². The quantitative estimate of drug-likeness (QED) is 0.833. The van der Waals surface area contributed by atoms with E-state index in [9.17, 15) is 0 Å². The maximum absolute atomic E-state index is 6.34. The number of hydrogen-bond donors (Lipinski definition) is 1. The Kier molecular flexibility index (Phi) is 3.13. The molecule has 0 radical (unpaired) electrons. The SMILES string of the molecule is Cc1c(N)cccc1COC1CC2CCC1(C)C2(C)C. The van der Waals surface area contributed by atoms with Gasteiger partial charge in [0.2, 0.25) is 0 Å². The molecule has 20 heavy (non-hydrogen) atoms. The van der Waals surface area contributed by atoms with Gasteiger partial charge in [-0.05, 0) is 60.1 Å². The van der Waals surface area contributed by atoms with E-state index in [-0.39, 0.29) is 0 Å². The Hall–Kier alpha value is -1.02. The minimum Gasteiger partial charge on any atom is -0.399 e. The Morgan fingerprint density at radius 1 is 1.30 bits per heavy atom. The lowest BCUT2D eigenvalue weighted by molar-refractivity contribution is -0.0551. The summed E-state index contributed by atoms with van der Waals surface area (Å²) in [5.41, 5.74) is 10.0. The molecule has 3 atom stereocenters. The minimum absolute atomic E-state index is 0.339. The Morgan fingerprint density at radius 3 is 2.65 bits per heavy atom. The molecule has 2 fully saturated rings. The van der Waals surface area contributed by atoms with Gasteiger partial charge < -0.3 is 10.5 Å². The van der Waals surface area contributed by atoms with Crippen LogP contribution in [0.2, 0.25) is 0 Å². The third-order valence-corrected chi connectivity index (χ3v) is 6.64. The van der Waals surface area contributed by atoms with Crippen LogP contribution in [-0.2, 0) is 11.3 Å². The van der Waals surface area contributed by atoms with Crippen molar-refractivity contribution in [1.29, 1.82) is 0 Å². The van der Waals surface area contributed by atoms with Crippen molar-refractivity contribution >= 4 is 5.69 Å². The van der Waals surface area contributed by atoms with E-state index in [0.29, 0.717) is 23.5 Å². The predicted molar refractivity (Wildman–Crippen MR) is 83.4 cm³/mol. The van der Waals surface area contributed by atoms with E-state index in [1.165, 1.54) is 30.4 Å². The molecule has 2 saturated carbocycles. The number of fused-ring (bicyclic) bond motifs is 2. The summed E-state index contributed by atoms with van der Waals surface area (Å²) in [6.07, 6.45) is 4.31. The lowest BCUT2D eigenvalue weighted by Gasteiger charge is -2.39. The average molecular weight is 273 g/mol. The van der Waals surface area contributed by atoms with Crippen LogP contribution in [-0.4, -0.2) is 6.10 Å². The van der Waals surface area contributed by atoms with Gasteiger partial charge in [-0.15, -0.1) is 0 Å². The van der Waals surface area contributed by atoms with Gasteiger partial charge in [0.05, 0.1) is 12.7 Å². The highest BCUT2D eigenvalue weighted by molar-refractivity contribution is 5.49. The molecule has 0 heterocycles. The molecule has 2 bridgehead atoms. The normalized spacial score (nSPS) is 34.6. The topological polar surface area (TPSA) is 35.2 Å². The number of anilines is 1. The van der Waals surface area contributed by atoms with Gasteiger partial charge in [0.1, 0.15) is 0 Å². The number of hydrogen-bond acceptors (Lipinski definition) is 2. The summed E-state index contributed by atoms with van der Waals surface area (Å²) in [4.78, 5) is 0. The summed E-state index contributed by atoms with van der Waals surface area (Å²) in [7, 11) is 0. The number of benzene rings is 1. The maximum Gasteiger partial charge on any atom is 0.0724 e. The fourth-order valence-electron chi connectivity index (χ4n) is 4.43. The molecule has 0 aliphatic heterocycles. The molecule has 110 valence electrons. The number of nitrogen functional groups attached to an aromatic ring is 1. The summed E-state index contributed by atoms with van der Waals surface area (Å²) in [6, 6.07) is 6.11. The molecule has 2 N–H and O–H groups in total. The predicted octanol–water partition coefficient (Wildman–Crippen LogP) is 4.31. The lowest BCUT2D eigenvalue weighted by atomic mass is 9.70. The van der Waals surface area contributed by atoms with Gasteiger partial charge >= 0.3 is 0 Å². The summed E-state index contributed by atoms with van der Waals surface area (Å²) >= 11 is 0. The summed E-state index contributed by atoms with van der Waals surface area (Å²) < 4.78 is 6.34. The van der Waals surface area contributed by atoms with E-state index in [1.54, 1.807) is 0 Å². The zero-order chi connectivity index (χ0) is 14.5. The van der Waals surface area contributed by atoms with Gasteiger partial charge in [-0.2, -0.15) is 0 Å². The highest BCUT2D eigenvalue weighted by atomic mass is 16.5. The van der Waals surface area contributed by atoms with Gasteiger partial charge in [-0.25, -0.2) is 0 Å². The van der Waals surface area contributed by atoms with Crippen LogP contribution in [0.3, 0.4) is 0 Å². The number of nitrogens with two attached hydrogens (primary N) is 1. The number of rotatable bonds is 3. The van der Waals surface area contributed by atoms with E-state index in [4.69, 9.17) is 10.5 Å². The molecule has 0 amide bonds. The summed E-state index contributed by atoms with van der Waals surface area (Å²) in [6.45, 7) is 10.1. The van der Waals surface area contributed by atoms with Crippen molar-refractivity contribution in [3.05, 3.63) is 29.3 Å². The second kappa shape index (κ2) is 4.49. The molecule has 3 unspecified atom stereocenters. The Morgan fingerprint density at radius 2 is 2.05 bits per heavy atom. The second-order valence-electron chi connectivity index (χ2n) is 7.54. The molecule has 0 spiro atoms. The molecule has 2 aliphatic carbocycles. The smallest absolute Gasteiger partial charge is 0.0724 e. The highest BCUT2D eigenvalue weighted by Crippen LogP contribution is 2.66. The van der Waals surface area contributed by atoms with Gasteiger partial charge in [-0.1, -0.05) is 32.9 Å². The number of ether oxygens (including phenoxy) is 1. The minimum atomic E-state index is 0.339. The van der Waals surface area contributed by atoms with Gasteiger partial charge in [0.15, 0.2) is 0 Å². The fraction of sp³-hybridized carbons (Fsp3) is 0.667. The molecule has 2 aliphatic rings. The van der Waals surface area contributed by atoms with Gasteiger partial charge in [0, 0.05) is 5.69 Å². The molecular weight excluding hydrogens is 246 g/mol. The lowest BCUT2D eigenvalue weighted by Crippen LogP contribution is -2.37. The van der Waals surface area contributed by atoms with Crippen molar-refractivity contribution in [2.45, 2.75) is 59.7 Å². The molecule has 2 heteroatoms. The van der Waals surface area contributed by atoms with Crippen molar-refractivity contribution in [2.24, 2.45) is 16.7 Å². The van der Waals surface area contributed by atoms with Gasteiger partial charge in [0.25, 0.3) is 0 Å². The Balaban J connectivity index is 1.73. The summed E-state index contributed by atoms with van der Waals surface area (Å²) in [5, 5.41) is 0. The first kappa shape index (κ1) is 13.9. The van der Waals surface area contributed by atoms with Crippen LogP contribution in [0.5, 0.6) is 0 Å². The average Bonchev–Trinajstić information content (AvgIpc) is 2.73. The van der Waals surface area contributed by atoms with E-state index in [2.05, 4.69) is 33.8 Å². The monoisotopic (exact) mass is 273 g/mol. The van der Waals surface area contributed by atoms with Crippen LogP contribution in [0.4, 0.5) is 5.69 Å².